The Labute approximate surface area is 146 Å². The summed E-state index contributed by atoms with van der Waals surface area (Å²) >= 11 is 1.67. The Morgan fingerprint density at radius 2 is 2.12 bits per heavy atom. The Balaban J connectivity index is 1.70. The molecule has 1 aromatic heterocycles. The molecule has 1 aromatic carbocycles. The van der Waals surface area contributed by atoms with Crippen LogP contribution >= 0.6 is 11.3 Å². The lowest BCUT2D eigenvalue weighted by atomic mass is 10.2. The Hall–Kier alpha value is -1.65. The predicted octanol–water partition coefficient (Wildman–Crippen LogP) is 1.94. The lowest BCUT2D eigenvalue weighted by Crippen LogP contribution is -2.55. The summed E-state index contributed by atoms with van der Waals surface area (Å²) in [7, 11) is 0. The number of hydrogen-bond donors (Lipinski definition) is 1. The summed E-state index contributed by atoms with van der Waals surface area (Å²) in [4.78, 5) is 8.92. The fourth-order valence-corrected chi connectivity index (χ4v) is 3.83. The maximum Gasteiger partial charge on any atom is 0.178 e. The molecule has 1 saturated heterocycles. The van der Waals surface area contributed by atoms with Gasteiger partial charge in [-0.1, -0.05) is 5.92 Å². The molecule has 2 heterocycles. The molecule has 1 N–H and O–H groups in total. The summed E-state index contributed by atoms with van der Waals surface area (Å²) in [5, 5.41) is 11.2. The molecule has 1 aliphatic rings. The first-order valence-electron chi connectivity index (χ1n) is 8.18. The standard InChI is InChI=1S/C18H23N3O2S/c1-4-7-20-8-10-21(11-9-20)18(13(2)22)23-15-5-6-17-16(12-15)19-14(3)24-17/h1,5-6,12-13,18,22H,7-11H2,2-3H3/t13-,18?/m0/s1. The van der Waals surface area contributed by atoms with Crippen LogP contribution in [0.25, 0.3) is 10.2 Å². The number of rotatable bonds is 5. The van der Waals surface area contributed by atoms with Crippen LogP contribution in [0.3, 0.4) is 0 Å². The molecule has 0 bridgehead atoms. The fraction of sp³-hybridized carbons (Fsp3) is 0.500. The Morgan fingerprint density at radius 3 is 2.79 bits per heavy atom. The van der Waals surface area contributed by atoms with E-state index in [1.165, 1.54) is 0 Å². The van der Waals surface area contributed by atoms with Gasteiger partial charge < -0.3 is 9.84 Å². The highest BCUT2D eigenvalue weighted by Crippen LogP contribution is 2.27. The highest BCUT2D eigenvalue weighted by atomic mass is 32.1. The molecule has 0 radical (unpaired) electrons. The zero-order valence-electron chi connectivity index (χ0n) is 14.1. The number of fused-ring (bicyclic) bond motifs is 1. The normalized spacial score (nSPS) is 19.1. The summed E-state index contributed by atoms with van der Waals surface area (Å²) in [6.45, 7) is 7.88. The molecule has 1 unspecified atom stereocenters. The smallest absolute Gasteiger partial charge is 0.178 e. The number of aromatic nitrogens is 1. The number of terminal acetylenes is 1. The van der Waals surface area contributed by atoms with Crippen molar-refractivity contribution in [3.05, 3.63) is 23.2 Å². The van der Waals surface area contributed by atoms with Crippen LogP contribution in [0.4, 0.5) is 0 Å². The number of benzene rings is 1. The van der Waals surface area contributed by atoms with E-state index in [-0.39, 0.29) is 6.23 Å². The van der Waals surface area contributed by atoms with E-state index >= 15 is 0 Å². The van der Waals surface area contributed by atoms with Crippen LogP contribution in [0.1, 0.15) is 11.9 Å². The van der Waals surface area contributed by atoms with Crippen molar-refractivity contribution in [3.63, 3.8) is 0 Å². The summed E-state index contributed by atoms with van der Waals surface area (Å²) in [6, 6.07) is 5.92. The second kappa shape index (κ2) is 7.49. The third-order valence-electron chi connectivity index (χ3n) is 4.22. The Bertz CT molecular complexity index is 729. The van der Waals surface area contributed by atoms with Crippen LogP contribution in [-0.4, -0.2) is 64.9 Å². The average Bonchev–Trinajstić information content (AvgIpc) is 2.93. The molecule has 2 aromatic rings. The zero-order valence-corrected chi connectivity index (χ0v) is 14.9. The SMILES string of the molecule is C#CCN1CCN(C(Oc2ccc3sc(C)nc3c2)[C@H](C)O)CC1. The van der Waals surface area contributed by atoms with E-state index in [2.05, 4.69) is 20.7 Å². The molecule has 0 saturated carbocycles. The maximum absolute atomic E-state index is 10.2. The second-order valence-electron chi connectivity index (χ2n) is 6.13. The predicted molar refractivity (Wildman–Crippen MR) is 97.3 cm³/mol. The van der Waals surface area contributed by atoms with Gasteiger partial charge in [-0.2, -0.15) is 0 Å². The number of ether oxygens (including phenoxy) is 1. The van der Waals surface area contributed by atoms with Gasteiger partial charge >= 0.3 is 0 Å². The highest BCUT2D eigenvalue weighted by molar-refractivity contribution is 7.18. The van der Waals surface area contributed by atoms with Gasteiger partial charge in [0.2, 0.25) is 0 Å². The van der Waals surface area contributed by atoms with Gasteiger partial charge in [-0.05, 0) is 26.0 Å². The fourth-order valence-electron chi connectivity index (χ4n) is 3.02. The van der Waals surface area contributed by atoms with Crippen molar-refractivity contribution in [2.45, 2.75) is 26.2 Å². The lowest BCUT2D eigenvalue weighted by molar-refractivity contribution is -0.0733. The van der Waals surface area contributed by atoms with E-state index < -0.39 is 6.10 Å². The summed E-state index contributed by atoms with van der Waals surface area (Å²) in [5.74, 6) is 3.42. The monoisotopic (exact) mass is 345 g/mol. The van der Waals surface area contributed by atoms with Crippen molar-refractivity contribution in [2.24, 2.45) is 0 Å². The Kier molecular flexibility index (Phi) is 5.36. The summed E-state index contributed by atoms with van der Waals surface area (Å²) < 4.78 is 7.26. The van der Waals surface area contributed by atoms with Crippen LogP contribution in [0.2, 0.25) is 0 Å². The van der Waals surface area contributed by atoms with E-state index in [4.69, 9.17) is 11.2 Å². The molecular formula is C18H23N3O2S. The van der Waals surface area contributed by atoms with Gasteiger partial charge in [-0.3, -0.25) is 9.80 Å². The second-order valence-corrected chi connectivity index (χ2v) is 7.36. The minimum Gasteiger partial charge on any atom is -0.472 e. The first-order chi connectivity index (χ1) is 11.6. The topological polar surface area (TPSA) is 48.8 Å². The van der Waals surface area contributed by atoms with E-state index in [1.807, 2.05) is 25.1 Å². The quantitative estimate of drug-likeness (QED) is 0.840. The number of thiazole rings is 1. The van der Waals surface area contributed by atoms with E-state index in [0.717, 1.165) is 47.2 Å². The van der Waals surface area contributed by atoms with Crippen LogP contribution in [0.5, 0.6) is 5.75 Å². The highest BCUT2D eigenvalue weighted by Gasteiger charge is 2.28. The van der Waals surface area contributed by atoms with Gasteiger partial charge in [-0.25, -0.2) is 4.98 Å². The first-order valence-corrected chi connectivity index (χ1v) is 9.00. The molecular weight excluding hydrogens is 322 g/mol. The molecule has 0 aliphatic carbocycles. The molecule has 6 heteroatoms. The van der Waals surface area contributed by atoms with Crippen molar-refractivity contribution < 1.29 is 9.84 Å². The number of piperazine rings is 1. The van der Waals surface area contributed by atoms with E-state index in [0.29, 0.717) is 6.54 Å². The molecule has 24 heavy (non-hydrogen) atoms. The first kappa shape index (κ1) is 17.2. The molecule has 0 amide bonds. The summed E-state index contributed by atoms with van der Waals surface area (Å²) in [6.07, 6.45) is 4.42. The minimum atomic E-state index is -0.586. The molecule has 0 spiro atoms. The van der Waals surface area contributed by atoms with Gasteiger partial charge in [0.25, 0.3) is 0 Å². The minimum absolute atomic E-state index is 0.366. The molecule has 1 fully saturated rings. The van der Waals surface area contributed by atoms with Crippen molar-refractivity contribution in [2.75, 3.05) is 32.7 Å². The van der Waals surface area contributed by atoms with Crippen molar-refractivity contribution in [3.8, 4) is 18.1 Å². The lowest BCUT2D eigenvalue weighted by Gasteiger charge is -2.39. The Morgan fingerprint density at radius 1 is 1.38 bits per heavy atom. The number of hydrogen-bond acceptors (Lipinski definition) is 6. The van der Waals surface area contributed by atoms with Gasteiger partial charge in [0.15, 0.2) is 6.23 Å². The van der Waals surface area contributed by atoms with Crippen LogP contribution in [0, 0.1) is 19.3 Å². The molecule has 5 nitrogen and oxygen atoms in total. The van der Waals surface area contributed by atoms with Crippen molar-refractivity contribution in [1.29, 1.82) is 0 Å². The van der Waals surface area contributed by atoms with Gasteiger partial charge in [-0.15, -0.1) is 17.8 Å². The van der Waals surface area contributed by atoms with Gasteiger partial charge in [0.05, 0.1) is 21.8 Å². The maximum atomic E-state index is 10.2. The van der Waals surface area contributed by atoms with Crippen molar-refractivity contribution >= 4 is 21.6 Å². The zero-order chi connectivity index (χ0) is 17.1. The number of aryl methyl sites for hydroxylation is 1. The van der Waals surface area contributed by atoms with Gasteiger partial charge in [0, 0.05) is 32.2 Å². The molecule has 128 valence electrons. The van der Waals surface area contributed by atoms with Crippen molar-refractivity contribution in [1.82, 2.24) is 14.8 Å². The average molecular weight is 345 g/mol. The number of aliphatic hydroxyl groups is 1. The van der Waals surface area contributed by atoms with E-state index in [9.17, 15) is 5.11 Å². The molecule has 2 atom stereocenters. The number of nitrogens with zero attached hydrogens (tertiary/aromatic N) is 3. The van der Waals surface area contributed by atoms with Crippen LogP contribution in [0.15, 0.2) is 18.2 Å². The van der Waals surface area contributed by atoms with Gasteiger partial charge in [0.1, 0.15) is 11.9 Å². The van der Waals surface area contributed by atoms with E-state index in [1.54, 1.807) is 18.3 Å². The third kappa shape index (κ3) is 3.87. The largest absolute Gasteiger partial charge is 0.472 e. The van der Waals surface area contributed by atoms with Crippen LogP contribution < -0.4 is 4.74 Å². The summed E-state index contributed by atoms with van der Waals surface area (Å²) in [5.41, 5.74) is 0.943. The molecule has 3 rings (SSSR count). The molecule has 1 aliphatic heterocycles. The van der Waals surface area contributed by atoms with Crippen LogP contribution in [-0.2, 0) is 0 Å². The third-order valence-corrected chi connectivity index (χ3v) is 5.17. The number of aliphatic hydroxyl groups excluding tert-OH is 1.